The summed E-state index contributed by atoms with van der Waals surface area (Å²) < 4.78 is 1.03. The van der Waals surface area contributed by atoms with Crippen molar-refractivity contribution in [1.82, 2.24) is 9.97 Å². The molecule has 1 aromatic heterocycles. The van der Waals surface area contributed by atoms with Crippen molar-refractivity contribution >= 4 is 27.7 Å². The maximum atomic E-state index is 11.2. The van der Waals surface area contributed by atoms with Crippen molar-refractivity contribution in [2.45, 2.75) is 35.9 Å². The molecule has 6 heteroatoms. The minimum absolute atomic E-state index is 0.146. The number of nitrogens with two attached hydrogens (primary N) is 1. The lowest BCUT2D eigenvalue weighted by molar-refractivity contribution is 0.645. The van der Waals surface area contributed by atoms with Crippen molar-refractivity contribution in [2.75, 3.05) is 0 Å². The second-order valence-corrected chi connectivity index (χ2v) is 6.38. The van der Waals surface area contributed by atoms with E-state index in [2.05, 4.69) is 38.9 Å². The minimum Gasteiger partial charge on any atom is -0.327 e. The molecule has 106 valence electrons. The van der Waals surface area contributed by atoms with Gasteiger partial charge in [-0.25, -0.2) is 4.98 Å². The maximum absolute atomic E-state index is 11.2. The van der Waals surface area contributed by atoms with Gasteiger partial charge in [0.1, 0.15) is 0 Å². The molecule has 2 rings (SSSR count). The molecule has 0 aliphatic heterocycles. The molecule has 0 aliphatic rings. The largest absolute Gasteiger partial charge is 0.327 e. The molecule has 2 aromatic rings. The number of H-pyrrole nitrogens is 1. The molecule has 0 radical (unpaired) electrons. The van der Waals surface area contributed by atoms with Crippen molar-refractivity contribution in [2.24, 2.45) is 5.73 Å². The lowest BCUT2D eigenvalue weighted by Gasteiger charge is -2.11. The summed E-state index contributed by atoms with van der Waals surface area (Å²) in [5.74, 6) is 0. The number of halogens is 1. The van der Waals surface area contributed by atoms with E-state index >= 15 is 0 Å². The first-order valence-electron chi connectivity index (χ1n) is 6.35. The predicted octanol–water partition coefficient (Wildman–Crippen LogP) is 2.96. The molecule has 4 nitrogen and oxygen atoms in total. The fraction of sp³-hybridized carbons (Fsp3) is 0.286. The van der Waals surface area contributed by atoms with Gasteiger partial charge in [-0.1, -0.05) is 40.7 Å². The second kappa shape index (κ2) is 7.06. The van der Waals surface area contributed by atoms with Crippen LogP contribution in [0.4, 0.5) is 0 Å². The summed E-state index contributed by atoms with van der Waals surface area (Å²) >= 11 is 4.99. The fourth-order valence-electron chi connectivity index (χ4n) is 1.70. The van der Waals surface area contributed by atoms with Crippen molar-refractivity contribution in [3.63, 3.8) is 0 Å². The Morgan fingerprint density at radius 1 is 1.45 bits per heavy atom. The molecule has 1 atom stereocenters. The Labute approximate surface area is 130 Å². The van der Waals surface area contributed by atoms with Crippen molar-refractivity contribution < 1.29 is 0 Å². The first kappa shape index (κ1) is 15.3. The van der Waals surface area contributed by atoms with Gasteiger partial charge in [-0.05, 0) is 30.5 Å². The van der Waals surface area contributed by atoms with Crippen LogP contribution in [0.1, 0.15) is 18.9 Å². The number of nitrogens with zero attached hydrogens (tertiary/aromatic N) is 1. The van der Waals surface area contributed by atoms with Gasteiger partial charge in [-0.15, -0.1) is 0 Å². The Balaban J connectivity index is 2.14. The van der Waals surface area contributed by atoms with Crippen LogP contribution in [0.5, 0.6) is 0 Å². The van der Waals surface area contributed by atoms with E-state index in [1.807, 2.05) is 12.1 Å². The normalized spacial score (nSPS) is 12.3. The topological polar surface area (TPSA) is 71.8 Å². The summed E-state index contributed by atoms with van der Waals surface area (Å²) in [5.41, 5.74) is 7.02. The van der Waals surface area contributed by atoms with Crippen LogP contribution >= 0.6 is 27.7 Å². The number of nitrogens with one attached hydrogen (secondary N) is 1. The molecule has 1 heterocycles. The van der Waals surface area contributed by atoms with Crippen molar-refractivity contribution in [3.05, 3.63) is 50.9 Å². The van der Waals surface area contributed by atoms with Gasteiger partial charge >= 0.3 is 0 Å². The lowest BCUT2D eigenvalue weighted by Crippen LogP contribution is -2.21. The standard InChI is InChI=1S/C14H16BrN3OS/c1-2-10(16)7-9-3-4-11(8-12(9)15)20-14-17-6-5-13(19)18-14/h3-6,8,10H,2,7,16H2,1H3,(H,17,18,19). The molecule has 0 aliphatic carbocycles. The molecule has 3 N–H and O–H groups in total. The monoisotopic (exact) mass is 353 g/mol. The van der Waals surface area contributed by atoms with Gasteiger partial charge < -0.3 is 10.7 Å². The first-order valence-corrected chi connectivity index (χ1v) is 7.96. The Morgan fingerprint density at radius 2 is 2.25 bits per heavy atom. The Bertz CT molecular complexity index is 644. The van der Waals surface area contributed by atoms with E-state index in [1.54, 1.807) is 0 Å². The van der Waals surface area contributed by atoms with Crippen LogP contribution in [-0.4, -0.2) is 16.0 Å². The number of hydrogen-bond acceptors (Lipinski definition) is 4. The molecule has 1 aromatic carbocycles. The number of aromatic amines is 1. The van der Waals surface area contributed by atoms with E-state index in [4.69, 9.17) is 5.73 Å². The van der Waals surface area contributed by atoms with Crippen LogP contribution < -0.4 is 11.3 Å². The SMILES string of the molecule is CCC(N)Cc1ccc(Sc2nccc(=O)[nH]2)cc1Br. The lowest BCUT2D eigenvalue weighted by atomic mass is 10.1. The highest BCUT2D eigenvalue weighted by Gasteiger charge is 2.07. The third-order valence-electron chi connectivity index (χ3n) is 2.89. The molecular formula is C14H16BrN3OS. The third-order valence-corrected chi connectivity index (χ3v) is 4.52. The minimum atomic E-state index is -0.146. The highest BCUT2D eigenvalue weighted by Crippen LogP contribution is 2.29. The quantitative estimate of drug-likeness (QED) is 0.810. The average Bonchev–Trinajstić information content (AvgIpc) is 2.41. The number of rotatable bonds is 5. The summed E-state index contributed by atoms with van der Waals surface area (Å²) in [7, 11) is 0. The number of benzene rings is 1. The first-order chi connectivity index (χ1) is 9.58. The summed E-state index contributed by atoms with van der Waals surface area (Å²) in [5, 5.41) is 0.586. The van der Waals surface area contributed by atoms with Gasteiger partial charge in [0.15, 0.2) is 5.16 Å². The van der Waals surface area contributed by atoms with Gasteiger partial charge in [0.05, 0.1) is 0 Å². The zero-order valence-electron chi connectivity index (χ0n) is 11.1. The highest BCUT2D eigenvalue weighted by atomic mass is 79.9. The smallest absolute Gasteiger partial charge is 0.251 e. The molecule has 20 heavy (non-hydrogen) atoms. The van der Waals surface area contributed by atoms with E-state index in [0.29, 0.717) is 5.16 Å². The molecular weight excluding hydrogens is 338 g/mol. The summed E-state index contributed by atoms with van der Waals surface area (Å²) in [4.78, 5) is 19.1. The molecule has 0 amide bonds. The van der Waals surface area contributed by atoms with Gasteiger partial charge in [-0.2, -0.15) is 0 Å². The Morgan fingerprint density at radius 3 is 2.90 bits per heavy atom. The summed E-state index contributed by atoms with van der Waals surface area (Å²) in [6.45, 7) is 2.08. The molecule has 0 bridgehead atoms. The zero-order chi connectivity index (χ0) is 14.5. The van der Waals surface area contributed by atoms with Crippen LogP contribution in [0.15, 0.2) is 49.8 Å². The summed E-state index contributed by atoms with van der Waals surface area (Å²) in [6.07, 6.45) is 3.31. The van der Waals surface area contributed by atoms with E-state index in [0.717, 1.165) is 22.2 Å². The van der Waals surface area contributed by atoms with E-state index < -0.39 is 0 Å². The molecule has 0 saturated carbocycles. The van der Waals surface area contributed by atoms with Gasteiger partial charge in [0.25, 0.3) is 5.56 Å². The van der Waals surface area contributed by atoms with Crippen LogP contribution in [0.3, 0.4) is 0 Å². The third kappa shape index (κ3) is 4.19. The predicted molar refractivity (Wildman–Crippen MR) is 85.1 cm³/mol. The number of hydrogen-bond donors (Lipinski definition) is 2. The van der Waals surface area contributed by atoms with E-state index in [9.17, 15) is 4.79 Å². The molecule has 0 spiro atoms. The fourth-order valence-corrected chi connectivity index (χ4v) is 3.19. The van der Waals surface area contributed by atoms with Crippen LogP contribution in [0.2, 0.25) is 0 Å². The molecule has 0 saturated heterocycles. The number of aromatic nitrogens is 2. The molecule has 1 unspecified atom stereocenters. The van der Waals surface area contributed by atoms with Gasteiger partial charge in [0, 0.05) is 27.7 Å². The Hall–Kier alpha value is -1.11. The second-order valence-electron chi connectivity index (χ2n) is 4.47. The van der Waals surface area contributed by atoms with Crippen LogP contribution in [0, 0.1) is 0 Å². The zero-order valence-corrected chi connectivity index (χ0v) is 13.5. The van der Waals surface area contributed by atoms with Crippen LogP contribution in [-0.2, 0) is 6.42 Å². The van der Waals surface area contributed by atoms with Gasteiger partial charge in [-0.3, -0.25) is 4.79 Å². The van der Waals surface area contributed by atoms with Gasteiger partial charge in [0.2, 0.25) is 0 Å². The van der Waals surface area contributed by atoms with E-state index in [-0.39, 0.29) is 11.6 Å². The van der Waals surface area contributed by atoms with Crippen molar-refractivity contribution in [1.29, 1.82) is 0 Å². The van der Waals surface area contributed by atoms with E-state index in [1.165, 1.54) is 29.6 Å². The maximum Gasteiger partial charge on any atom is 0.251 e. The summed E-state index contributed by atoms with van der Waals surface area (Å²) in [6, 6.07) is 7.67. The Kier molecular flexibility index (Phi) is 5.39. The van der Waals surface area contributed by atoms with Crippen molar-refractivity contribution in [3.8, 4) is 0 Å². The van der Waals surface area contributed by atoms with Crippen LogP contribution in [0.25, 0.3) is 0 Å². The molecule has 0 fully saturated rings. The highest BCUT2D eigenvalue weighted by molar-refractivity contribution is 9.10. The average molecular weight is 354 g/mol.